The van der Waals surface area contributed by atoms with Gasteiger partial charge in [-0.3, -0.25) is 0 Å². The van der Waals surface area contributed by atoms with Gasteiger partial charge >= 0.3 is 0 Å². The minimum atomic E-state index is 0.334. The molecule has 1 N–H and O–H groups in total. The Hall–Kier alpha value is -0.690. The summed E-state index contributed by atoms with van der Waals surface area (Å²) >= 11 is 5.61. The third kappa shape index (κ3) is 1.66. The van der Waals surface area contributed by atoms with E-state index < -0.39 is 0 Å². The fraction of sp³-hybridized carbons (Fsp3) is 0.333. The van der Waals surface area contributed by atoms with Crippen molar-refractivity contribution in [1.82, 2.24) is 0 Å². The number of benzene rings is 1. The summed E-state index contributed by atoms with van der Waals surface area (Å²) < 4.78 is 0. The van der Waals surface area contributed by atoms with Gasteiger partial charge in [-0.05, 0) is 36.6 Å². The molecule has 1 aromatic carbocycles. The summed E-state index contributed by atoms with van der Waals surface area (Å²) in [6, 6.07) is 3.69. The highest BCUT2D eigenvalue weighted by atomic mass is 35.5. The zero-order valence-electron chi connectivity index (χ0n) is 6.69. The van der Waals surface area contributed by atoms with Crippen molar-refractivity contribution in [3.05, 3.63) is 28.8 Å². The molecule has 1 rings (SSSR count). The van der Waals surface area contributed by atoms with Crippen LogP contribution in [0.3, 0.4) is 0 Å². The first-order chi connectivity index (χ1) is 5.15. The molecule has 0 heterocycles. The molecule has 0 aliphatic carbocycles. The largest absolute Gasteiger partial charge is 0.508 e. The second-order valence-corrected chi connectivity index (χ2v) is 2.96. The molecular weight excluding hydrogens is 160 g/mol. The van der Waals surface area contributed by atoms with E-state index in [4.69, 9.17) is 11.6 Å². The Kier molecular flexibility index (Phi) is 2.40. The molecule has 60 valence electrons. The van der Waals surface area contributed by atoms with E-state index in [9.17, 15) is 5.11 Å². The van der Waals surface area contributed by atoms with Gasteiger partial charge in [0.1, 0.15) is 5.75 Å². The van der Waals surface area contributed by atoms with Gasteiger partial charge in [0.15, 0.2) is 0 Å². The number of halogens is 1. The second kappa shape index (κ2) is 3.14. The molecule has 1 nitrogen and oxygen atoms in total. The van der Waals surface area contributed by atoms with Crippen LogP contribution in [0.2, 0.25) is 0 Å². The molecule has 11 heavy (non-hydrogen) atoms. The first-order valence-electron chi connectivity index (χ1n) is 3.50. The van der Waals surface area contributed by atoms with Gasteiger partial charge in [-0.25, -0.2) is 0 Å². The fourth-order valence-corrected chi connectivity index (χ4v) is 1.15. The monoisotopic (exact) mass is 170 g/mol. The van der Waals surface area contributed by atoms with E-state index >= 15 is 0 Å². The molecule has 0 spiro atoms. The predicted molar refractivity (Wildman–Crippen MR) is 47.1 cm³/mol. The van der Waals surface area contributed by atoms with Crippen molar-refractivity contribution < 1.29 is 5.11 Å². The SMILES string of the molecule is Cc1cc(CCl)cc(O)c1C. The average molecular weight is 171 g/mol. The number of phenols is 1. The van der Waals surface area contributed by atoms with Crippen LogP contribution in [0.25, 0.3) is 0 Å². The van der Waals surface area contributed by atoms with E-state index in [0.29, 0.717) is 11.6 Å². The molecule has 0 aliphatic rings. The van der Waals surface area contributed by atoms with Crippen molar-refractivity contribution in [3.63, 3.8) is 0 Å². The lowest BCUT2D eigenvalue weighted by Crippen LogP contribution is -1.85. The standard InChI is InChI=1S/C9H11ClO/c1-6-3-8(5-10)4-9(11)7(6)2/h3-4,11H,5H2,1-2H3. The minimum absolute atomic E-state index is 0.334. The van der Waals surface area contributed by atoms with Gasteiger partial charge in [0.2, 0.25) is 0 Å². The number of aryl methyl sites for hydroxylation is 1. The van der Waals surface area contributed by atoms with Gasteiger partial charge in [0.25, 0.3) is 0 Å². The van der Waals surface area contributed by atoms with Crippen molar-refractivity contribution in [3.8, 4) is 5.75 Å². The molecule has 0 fully saturated rings. The maximum atomic E-state index is 9.35. The number of hydrogen-bond acceptors (Lipinski definition) is 1. The Morgan fingerprint density at radius 3 is 2.45 bits per heavy atom. The van der Waals surface area contributed by atoms with Gasteiger partial charge in [-0.1, -0.05) is 6.07 Å². The Labute approximate surface area is 71.6 Å². The third-order valence-electron chi connectivity index (χ3n) is 1.85. The summed E-state index contributed by atoms with van der Waals surface area (Å²) in [6.07, 6.45) is 0. The van der Waals surface area contributed by atoms with Crippen LogP contribution in [0, 0.1) is 13.8 Å². The summed E-state index contributed by atoms with van der Waals surface area (Å²) in [7, 11) is 0. The molecule has 1 aromatic rings. The van der Waals surface area contributed by atoms with Crippen molar-refractivity contribution in [2.45, 2.75) is 19.7 Å². The molecule has 0 saturated carbocycles. The summed E-state index contributed by atoms with van der Waals surface area (Å²) in [4.78, 5) is 0. The zero-order valence-corrected chi connectivity index (χ0v) is 7.44. The third-order valence-corrected chi connectivity index (χ3v) is 2.16. The number of phenolic OH excluding ortho intramolecular Hbond substituents is 1. The first kappa shape index (κ1) is 8.41. The number of aromatic hydroxyl groups is 1. The predicted octanol–water partition coefficient (Wildman–Crippen LogP) is 2.75. The quantitative estimate of drug-likeness (QED) is 0.643. The lowest BCUT2D eigenvalue weighted by molar-refractivity contribution is 0.470. The van der Waals surface area contributed by atoms with Crippen LogP contribution in [0.4, 0.5) is 0 Å². The van der Waals surface area contributed by atoms with E-state index in [2.05, 4.69) is 0 Å². The smallest absolute Gasteiger partial charge is 0.119 e. The molecule has 0 amide bonds. The summed E-state index contributed by atoms with van der Waals surface area (Å²) in [5.41, 5.74) is 2.98. The lowest BCUT2D eigenvalue weighted by Gasteiger charge is -2.04. The van der Waals surface area contributed by atoms with Crippen LogP contribution >= 0.6 is 11.6 Å². The van der Waals surface area contributed by atoms with Gasteiger partial charge in [-0.2, -0.15) is 0 Å². The maximum absolute atomic E-state index is 9.35. The number of hydrogen-bond donors (Lipinski definition) is 1. The number of rotatable bonds is 1. The molecular formula is C9H11ClO. The Bertz CT molecular complexity index is 245. The Morgan fingerprint density at radius 1 is 1.36 bits per heavy atom. The minimum Gasteiger partial charge on any atom is -0.508 e. The lowest BCUT2D eigenvalue weighted by atomic mass is 10.1. The maximum Gasteiger partial charge on any atom is 0.119 e. The van der Waals surface area contributed by atoms with Crippen molar-refractivity contribution >= 4 is 11.6 Å². The summed E-state index contributed by atoms with van der Waals surface area (Å²) in [6.45, 7) is 3.85. The van der Waals surface area contributed by atoms with Crippen molar-refractivity contribution in [2.24, 2.45) is 0 Å². The van der Waals surface area contributed by atoms with Crippen molar-refractivity contribution in [1.29, 1.82) is 0 Å². The molecule has 0 radical (unpaired) electrons. The van der Waals surface area contributed by atoms with E-state index in [1.54, 1.807) is 6.07 Å². The molecule has 2 heteroatoms. The van der Waals surface area contributed by atoms with Crippen molar-refractivity contribution in [2.75, 3.05) is 0 Å². The molecule has 0 saturated heterocycles. The Balaban J connectivity index is 3.21. The highest BCUT2D eigenvalue weighted by Gasteiger charge is 2.01. The van der Waals surface area contributed by atoms with E-state index in [-0.39, 0.29) is 0 Å². The number of alkyl halides is 1. The van der Waals surface area contributed by atoms with E-state index in [0.717, 1.165) is 16.7 Å². The fourth-order valence-electron chi connectivity index (χ4n) is 0.991. The van der Waals surface area contributed by atoms with Crippen LogP contribution in [0.1, 0.15) is 16.7 Å². The van der Waals surface area contributed by atoms with Gasteiger partial charge in [0, 0.05) is 5.88 Å². The molecule has 0 bridgehead atoms. The van der Waals surface area contributed by atoms with Gasteiger partial charge in [0.05, 0.1) is 0 Å². The van der Waals surface area contributed by atoms with Crippen LogP contribution in [-0.4, -0.2) is 5.11 Å². The van der Waals surface area contributed by atoms with Gasteiger partial charge in [-0.15, -0.1) is 11.6 Å². The summed E-state index contributed by atoms with van der Waals surface area (Å²) in [5, 5.41) is 9.35. The topological polar surface area (TPSA) is 20.2 Å². The summed E-state index contributed by atoms with van der Waals surface area (Å²) in [5.74, 6) is 0.787. The normalized spacial score (nSPS) is 10.1. The van der Waals surface area contributed by atoms with Crippen LogP contribution in [0.15, 0.2) is 12.1 Å². The highest BCUT2D eigenvalue weighted by molar-refractivity contribution is 6.17. The van der Waals surface area contributed by atoms with E-state index in [1.165, 1.54) is 0 Å². The molecule has 0 aliphatic heterocycles. The second-order valence-electron chi connectivity index (χ2n) is 2.69. The molecule has 0 aromatic heterocycles. The van der Waals surface area contributed by atoms with Gasteiger partial charge < -0.3 is 5.11 Å². The zero-order chi connectivity index (χ0) is 8.43. The Morgan fingerprint density at radius 2 is 2.00 bits per heavy atom. The highest BCUT2D eigenvalue weighted by Crippen LogP contribution is 2.22. The van der Waals surface area contributed by atoms with Crippen LogP contribution in [0.5, 0.6) is 5.75 Å². The molecule has 0 unspecified atom stereocenters. The molecule has 0 atom stereocenters. The van der Waals surface area contributed by atoms with E-state index in [1.807, 2.05) is 19.9 Å². The van der Waals surface area contributed by atoms with Crippen LogP contribution in [-0.2, 0) is 5.88 Å². The van der Waals surface area contributed by atoms with Crippen LogP contribution < -0.4 is 0 Å². The first-order valence-corrected chi connectivity index (χ1v) is 4.03. The average Bonchev–Trinajstić information content (AvgIpc) is 1.99.